The Hall–Kier alpha value is -1.42. The Kier molecular flexibility index (Phi) is 2.59. The molecule has 1 aromatic carbocycles. The molecule has 0 spiro atoms. The van der Waals surface area contributed by atoms with Gasteiger partial charge >= 0.3 is 0 Å². The summed E-state index contributed by atoms with van der Waals surface area (Å²) < 4.78 is 12.8. The van der Waals surface area contributed by atoms with E-state index >= 15 is 0 Å². The fraction of sp³-hybridized carbons (Fsp3) is 0.462. The molecular weight excluding hydrogens is 219 g/mol. The number of fused-ring (bicyclic) bond motifs is 1. The van der Waals surface area contributed by atoms with Crippen LogP contribution in [-0.4, -0.2) is 36.5 Å². The molecule has 1 aromatic rings. The predicted octanol–water partition coefficient (Wildman–Crippen LogP) is 1.26. The standard InChI is InChI=1S/C13H15FN2O/c14-11-3-1-9(2-4-11)13(17)16-7-10-5-6-15-12(10)8-16/h1-4,10,12,15H,5-8H2/t10-,12-/m1/s1. The molecule has 2 aliphatic rings. The number of hydrogen-bond donors (Lipinski definition) is 1. The van der Waals surface area contributed by atoms with Gasteiger partial charge in [0.05, 0.1) is 0 Å². The first-order valence-electron chi connectivity index (χ1n) is 6.02. The molecule has 90 valence electrons. The molecule has 1 amide bonds. The lowest BCUT2D eigenvalue weighted by atomic mass is 10.1. The number of rotatable bonds is 1. The van der Waals surface area contributed by atoms with Crippen molar-refractivity contribution in [2.24, 2.45) is 5.92 Å². The van der Waals surface area contributed by atoms with Gasteiger partial charge in [0.25, 0.3) is 5.91 Å². The summed E-state index contributed by atoms with van der Waals surface area (Å²) in [7, 11) is 0. The molecule has 0 aromatic heterocycles. The molecule has 17 heavy (non-hydrogen) atoms. The van der Waals surface area contributed by atoms with Crippen molar-refractivity contribution in [1.82, 2.24) is 10.2 Å². The third kappa shape index (κ3) is 1.93. The lowest BCUT2D eigenvalue weighted by Crippen LogP contribution is -2.33. The van der Waals surface area contributed by atoms with E-state index in [1.54, 1.807) is 12.1 Å². The lowest BCUT2D eigenvalue weighted by Gasteiger charge is -2.17. The van der Waals surface area contributed by atoms with Crippen LogP contribution in [0.3, 0.4) is 0 Å². The van der Waals surface area contributed by atoms with Gasteiger partial charge in [-0.1, -0.05) is 0 Å². The number of nitrogens with one attached hydrogen (secondary N) is 1. The van der Waals surface area contributed by atoms with Crippen LogP contribution in [0.1, 0.15) is 16.8 Å². The van der Waals surface area contributed by atoms with Crippen LogP contribution in [0, 0.1) is 11.7 Å². The van der Waals surface area contributed by atoms with E-state index in [2.05, 4.69) is 5.32 Å². The van der Waals surface area contributed by atoms with Crippen molar-refractivity contribution < 1.29 is 9.18 Å². The smallest absolute Gasteiger partial charge is 0.253 e. The molecule has 2 aliphatic heterocycles. The molecular formula is C13H15FN2O. The quantitative estimate of drug-likeness (QED) is 0.793. The predicted molar refractivity (Wildman–Crippen MR) is 62.2 cm³/mol. The molecule has 2 saturated heterocycles. The zero-order valence-corrected chi connectivity index (χ0v) is 9.53. The Morgan fingerprint density at radius 2 is 2.06 bits per heavy atom. The minimum atomic E-state index is -0.304. The number of benzene rings is 1. The number of amides is 1. The van der Waals surface area contributed by atoms with Crippen LogP contribution in [0.15, 0.2) is 24.3 Å². The average Bonchev–Trinajstić information content (AvgIpc) is 2.89. The molecule has 0 unspecified atom stereocenters. The number of halogens is 1. The highest BCUT2D eigenvalue weighted by Gasteiger charge is 2.37. The highest BCUT2D eigenvalue weighted by molar-refractivity contribution is 5.94. The first kappa shape index (κ1) is 10.7. The topological polar surface area (TPSA) is 32.3 Å². The van der Waals surface area contributed by atoms with Crippen LogP contribution >= 0.6 is 0 Å². The van der Waals surface area contributed by atoms with E-state index in [0.29, 0.717) is 17.5 Å². The monoisotopic (exact) mass is 234 g/mol. The van der Waals surface area contributed by atoms with Crippen LogP contribution in [0.5, 0.6) is 0 Å². The summed E-state index contributed by atoms with van der Waals surface area (Å²) in [5.41, 5.74) is 0.575. The van der Waals surface area contributed by atoms with Crippen molar-refractivity contribution in [3.05, 3.63) is 35.6 Å². The fourth-order valence-corrected chi connectivity index (χ4v) is 2.79. The molecule has 3 rings (SSSR count). The van der Waals surface area contributed by atoms with E-state index in [0.717, 1.165) is 26.1 Å². The maximum atomic E-state index is 12.8. The van der Waals surface area contributed by atoms with E-state index in [-0.39, 0.29) is 11.7 Å². The minimum absolute atomic E-state index is 0.0150. The van der Waals surface area contributed by atoms with Crippen molar-refractivity contribution in [1.29, 1.82) is 0 Å². The molecule has 2 heterocycles. The van der Waals surface area contributed by atoms with Gasteiger partial charge in [0.2, 0.25) is 0 Å². The van der Waals surface area contributed by atoms with Gasteiger partial charge in [-0.15, -0.1) is 0 Å². The molecule has 3 nitrogen and oxygen atoms in total. The molecule has 1 N–H and O–H groups in total. The molecule has 0 radical (unpaired) electrons. The molecule has 0 aliphatic carbocycles. The van der Waals surface area contributed by atoms with Gasteiger partial charge < -0.3 is 10.2 Å². The lowest BCUT2D eigenvalue weighted by molar-refractivity contribution is 0.0782. The number of carbonyl (C=O) groups is 1. The molecule has 0 bridgehead atoms. The highest BCUT2D eigenvalue weighted by atomic mass is 19.1. The van der Waals surface area contributed by atoms with Crippen LogP contribution < -0.4 is 5.32 Å². The third-order valence-corrected chi connectivity index (χ3v) is 3.74. The largest absolute Gasteiger partial charge is 0.337 e. The Morgan fingerprint density at radius 1 is 1.29 bits per heavy atom. The Labute approximate surface area is 99.6 Å². The van der Waals surface area contributed by atoms with E-state index in [9.17, 15) is 9.18 Å². The van der Waals surface area contributed by atoms with E-state index in [1.165, 1.54) is 12.1 Å². The summed E-state index contributed by atoms with van der Waals surface area (Å²) in [6, 6.07) is 6.24. The highest BCUT2D eigenvalue weighted by Crippen LogP contribution is 2.25. The van der Waals surface area contributed by atoms with Crippen molar-refractivity contribution in [3.63, 3.8) is 0 Å². The molecule has 2 fully saturated rings. The van der Waals surface area contributed by atoms with Gasteiger partial charge in [-0.2, -0.15) is 0 Å². The van der Waals surface area contributed by atoms with E-state index in [1.807, 2.05) is 4.90 Å². The van der Waals surface area contributed by atoms with Gasteiger partial charge in [-0.25, -0.2) is 4.39 Å². The summed E-state index contributed by atoms with van der Waals surface area (Å²) in [6.45, 7) is 2.67. The van der Waals surface area contributed by atoms with Crippen LogP contribution in [0.25, 0.3) is 0 Å². The first-order valence-corrected chi connectivity index (χ1v) is 6.02. The summed E-state index contributed by atoms with van der Waals surface area (Å²) >= 11 is 0. The van der Waals surface area contributed by atoms with Crippen LogP contribution in [0.4, 0.5) is 4.39 Å². The normalized spacial score (nSPS) is 27.2. The summed E-state index contributed by atoms with van der Waals surface area (Å²) in [4.78, 5) is 14.0. The number of nitrogens with zero attached hydrogens (tertiary/aromatic N) is 1. The second kappa shape index (κ2) is 4.11. The van der Waals surface area contributed by atoms with Crippen molar-refractivity contribution in [2.45, 2.75) is 12.5 Å². The number of hydrogen-bond acceptors (Lipinski definition) is 2. The van der Waals surface area contributed by atoms with Gasteiger partial charge in [-0.3, -0.25) is 4.79 Å². The summed E-state index contributed by atoms with van der Waals surface area (Å²) in [5, 5.41) is 3.41. The van der Waals surface area contributed by atoms with Gasteiger partial charge in [0, 0.05) is 24.7 Å². The average molecular weight is 234 g/mol. The first-order chi connectivity index (χ1) is 8.24. The van der Waals surface area contributed by atoms with Crippen molar-refractivity contribution in [2.75, 3.05) is 19.6 Å². The van der Waals surface area contributed by atoms with E-state index < -0.39 is 0 Å². The SMILES string of the molecule is O=C(c1ccc(F)cc1)N1C[C@H]2CCN[C@@H]2C1. The second-order valence-electron chi connectivity index (χ2n) is 4.83. The molecule has 2 atom stereocenters. The van der Waals surface area contributed by atoms with E-state index in [4.69, 9.17) is 0 Å². The maximum absolute atomic E-state index is 12.8. The van der Waals surface area contributed by atoms with Crippen LogP contribution in [-0.2, 0) is 0 Å². The minimum Gasteiger partial charge on any atom is -0.337 e. The Balaban J connectivity index is 1.73. The Morgan fingerprint density at radius 3 is 2.76 bits per heavy atom. The summed E-state index contributed by atoms with van der Waals surface area (Å²) in [6.07, 6.45) is 1.15. The zero-order chi connectivity index (χ0) is 11.8. The van der Waals surface area contributed by atoms with Gasteiger partial charge in [0.15, 0.2) is 0 Å². The maximum Gasteiger partial charge on any atom is 0.253 e. The van der Waals surface area contributed by atoms with Crippen molar-refractivity contribution in [3.8, 4) is 0 Å². The van der Waals surface area contributed by atoms with Crippen LogP contribution in [0.2, 0.25) is 0 Å². The Bertz CT molecular complexity index is 420. The van der Waals surface area contributed by atoms with Gasteiger partial charge in [0.1, 0.15) is 5.82 Å². The fourth-order valence-electron chi connectivity index (χ4n) is 2.79. The molecule has 0 saturated carbocycles. The van der Waals surface area contributed by atoms with Gasteiger partial charge in [-0.05, 0) is 43.1 Å². The molecule has 4 heteroatoms. The summed E-state index contributed by atoms with van der Waals surface area (Å²) in [5.74, 6) is 0.308. The number of carbonyl (C=O) groups excluding carboxylic acids is 1. The number of likely N-dealkylation sites (tertiary alicyclic amines) is 1. The van der Waals surface area contributed by atoms with Crippen molar-refractivity contribution >= 4 is 5.91 Å². The zero-order valence-electron chi connectivity index (χ0n) is 9.53. The third-order valence-electron chi connectivity index (χ3n) is 3.74. The second-order valence-corrected chi connectivity index (χ2v) is 4.83.